The Labute approximate surface area is 255 Å². The first-order valence-corrected chi connectivity index (χ1v) is 15.1. The van der Waals surface area contributed by atoms with Crippen LogP contribution >= 0.6 is 0 Å². The summed E-state index contributed by atoms with van der Waals surface area (Å²) in [5, 5.41) is 24.4. The Morgan fingerprint density at radius 3 is 1.23 bits per heavy atom. The topological polar surface area (TPSA) is 40.5 Å². The van der Waals surface area contributed by atoms with Gasteiger partial charge in [-0.3, -0.25) is 0 Å². The normalized spacial score (nSPS) is 12.2. The van der Waals surface area contributed by atoms with Gasteiger partial charge in [0, 0.05) is 0 Å². The van der Waals surface area contributed by atoms with Crippen molar-refractivity contribution in [1.82, 2.24) is 0 Å². The molecule has 0 heterocycles. The fourth-order valence-electron chi connectivity index (χ4n) is 6.07. The van der Waals surface area contributed by atoms with Crippen LogP contribution in [-0.4, -0.2) is 17.2 Å². The summed E-state index contributed by atoms with van der Waals surface area (Å²) in [6.45, 7) is 13.6. The van der Waals surface area contributed by atoms with Gasteiger partial charge in [0.25, 0.3) is 0 Å². The van der Waals surface area contributed by atoms with Crippen LogP contribution in [0.4, 0.5) is 0 Å². The Hall–Kier alpha value is -4.18. The van der Waals surface area contributed by atoms with Gasteiger partial charge in [0.15, 0.2) is 0 Å². The molecule has 0 fully saturated rings. The number of hydrogen-bond donors (Lipinski definition) is 2. The van der Waals surface area contributed by atoms with Crippen molar-refractivity contribution in [3.63, 3.8) is 0 Å². The number of hydrogen-bond acceptors (Lipinski definition) is 2. The highest BCUT2D eigenvalue weighted by molar-refractivity contribution is 6.58. The first kappa shape index (κ1) is 28.9. The van der Waals surface area contributed by atoms with Crippen molar-refractivity contribution in [2.75, 3.05) is 0 Å². The van der Waals surface area contributed by atoms with Crippen LogP contribution in [0.1, 0.15) is 52.7 Å². The molecule has 6 aromatic rings. The van der Waals surface area contributed by atoms with Gasteiger partial charge in [0.05, 0.1) is 0 Å². The smallest absolute Gasteiger partial charge is 0.423 e. The number of rotatable bonds is 4. The molecular weight excluding hydrogens is 523 g/mol. The fourth-order valence-corrected chi connectivity index (χ4v) is 6.07. The molecule has 6 rings (SSSR count). The Kier molecular flexibility index (Phi) is 7.28. The highest BCUT2D eigenvalue weighted by Gasteiger charge is 2.23. The Morgan fingerprint density at radius 2 is 0.814 bits per heavy atom. The van der Waals surface area contributed by atoms with Crippen molar-refractivity contribution in [1.29, 1.82) is 0 Å². The predicted octanol–water partition coefficient (Wildman–Crippen LogP) is 9.27. The highest BCUT2D eigenvalue weighted by Crippen LogP contribution is 2.46. The van der Waals surface area contributed by atoms with Crippen molar-refractivity contribution < 1.29 is 10.0 Å². The lowest BCUT2D eigenvalue weighted by molar-refractivity contribution is 0.426. The minimum absolute atomic E-state index is 0.00719. The van der Waals surface area contributed by atoms with Crippen molar-refractivity contribution in [3.05, 3.63) is 126 Å². The van der Waals surface area contributed by atoms with Crippen LogP contribution in [-0.2, 0) is 10.8 Å². The SMILES string of the molecule is CC(C)(C)c1ccc2c(-c3ccc(-c4ccccc4)cc3)c3cc(C(C)(C)C)ccc3c(-c3ccc(B(O)O)cc3)c2c1. The molecule has 6 aromatic carbocycles. The van der Waals surface area contributed by atoms with Crippen LogP contribution in [0, 0.1) is 0 Å². The zero-order valence-corrected chi connectivity index (χ0v) is 25.9. The maximum atomic E-state index is 9.77. The van der Waals surface area contributed by atoms with E-state index in [9.17, 15) is 10.0 Å². The summed E-state index contributed by atoms with van der Waals surface area (Å²) in [4.78, 5) is 0. The molecule has 0 saturated carbocycles. The van der Waals surface area contributed by atoms with Crippen molar-refractivity contribution in [3.8, 4) is 33.4 Å². The molecule has 0 aromatic heterocycles. The second-order valence-electron chi connectivity index (χ2n) is 13.7. The van der Waals surface area contributed by atoms with Crippen molar-refractivity contribution in [2.24, 2.45) is 0 Å². The molecule has 0 aliphatic carbocycles. The standard InChI is InChI=1S/C40H39BO2/c1-39(2,3)30-19-23-34-35(24-30)37(28-14-12-27(13-15-28)26-10-8-7-9-11-26)33-22-18-31(40(4,5)6)25-36(33)38(34)29-16-20-32(21-17-29)41(42)43/h7-25,42-43H,1-6H3. The molecule has 0 spiro atoms. The van der Waals surface area contributed by atoms with E-state index in [1.807, 2.05) is 24.3 Å². The third-order valence-electron chi connectivity index (χ3n) is 8.63. The van der Waals surface area contributed by atoms with Gasteiger partial charge in [0.1, 0.15) is 0 Å². The summed E-state index contributed by atoms with van der Waals surface area (Å²) in [5.74, 6) is 0. The Morgan fingerprint density at radius 1 is 0.419 bits per heavy atom. The summed E-state index contributed by atoms with van der Waals surface area (Å²) >= 11 is 0. The summed E-state index contributed by atoms with van der Waals surface area (Å²) in [5.41, 5.74) is 10.1. The zero-order valence-electron chi connectivity index (χ0n) is 25.9. The minimum atomic E-state index is -1.49. The quantitative estimate of drug-likeness (QED) is 0.166. The van der Waals surface area contributed by atoms with E-state index >= 15 is 0 Å². The molecule has 0 radical (unpaired) electrons. The highest BCUT2D eigenvalue weighted by atomic mass is 16.4. The Bertz CT molecular complexity index is 1920. The molecule has 214 valence electrons. The van der Waals surface area contributed by atoms with E-state index in [1.54, 1.807) is 0 Å². The second-order valence-corrected chi connectivity index (χ2v) is 13.7. The molecule has 2 N–H and O–H groups in total. The van der Waals surface area contributed by atoms with Crippen LogP contribution in [0.2, 0.25) is 0 Å². The van der Waals surface area contributed by atoms with E-state index < -0.39 is 7.12 Å². The van der Waals surface area contributed by atoms with E-state index in [0.29, 0.717) is 5.46 Å². The van der Waals surface area contributed by atoms with E-state index in [1.165, 1.54) is 60.5 Å². The minimum Gasteiger partial charge on any atom is -0.423 e. The zero-order chi connectivity index (χ0) is 30.5. The average Bonchev–Trinajstić information content (AvgIpc) is 2.99. The number of fused-ring (bicyclic) bond motifs is 2. The van der Waals surface area contributed by atoms with Gasteiger partial charge in [-0.05, 0) is 94.5 Å². The van der Waals surface area contributed by atoms with Crippen LogP contribution < -0.4 is 5.46 Å². The molecule has 0 aliphatic heterocycles. The van der Waals surface area contributed by atoms with Gasteiger partial charge in [-0.1, -0.05) is 145 Å². The fraction of sp³-hybridized carbons (Fsp3) is 0.200. The van der Waals surface area contributed by atoms with Crippen molar-refractivity contribution in [2.45, 2.75) is 52.4 Å². The third kappa shape index (κ3) is 5.51. The predicted molar refractivity (Wildman–Crippen MR) is 185 cm³/mol. The van der Waals surface area contributed by atoms with Gasteiger partial charge in [-0.15, -0.1) is 0 Å². The first-order valence-electron chi connectivity index (χ1n) is 15.1. The van der Waals surface area contributed by atoms with Gasteiger partial charge in [-0.25, -0.2) is 0 Å². The molecule has 0 aliphatic rings. The van der Waals surface area contributed by atoms with Crippen LogP contribution in [0.25, 0.3) is 54.9 Å². The average molecular weight is 563 g/mol. The summed E-state index contributed by atoms with van der Waals surface area (Å²) in [6, 6.07) is 41.0. The molecule has 2 nitrogen and oxygen atoms in total. The van der Waals surface area contributed by atoms with E-state index in [4.69, 9.17) is 0 Å². The first-order chi connectivity index (χ1) is 20.4. The molecule has 0 atom stereocenters. The van der Waals surface area contributed by atoms with Crippen molar-refractivity contribution >= 4 is 34.1 Å². The summed E-state index contributed by atoms with van der Waals surface area (Å²) in [7, 11) is -1.49. The van der Waals surface area contributed by atoms with Gasteiger partial charge in [-0.2, -0.15) is 0 Å². The van der Waals surface area contributed by atoms with Crippen LogP contribution in [0.15, 0.2) is 115 Å². The van der Waals surface area contributed by atoms with Gasteiger partial charge < -0.3 is 10.0 Å². The maximum absolute atomic E-state index is 9.77. The maximum Gasteiger partial charge on any atom is 0.488 e. The Balaban J connectivity index is 1.71. The third-order valence-corrected chi connectivity index (χ3v) is 8.63. The molecule has 43 heavy (non-hydrogen) atoms. The number of benzene rings is 6. The molecule has 0 bridgehead atoms. The summed E-state index contributed by atoms with van der Waals surface area (Å²) < 4.78 is 0. The second kappa shape index (κ2) is 10.8. The molecule has 0 unspecified atom stereocenters. The molecular formula is C40H39BO2. The van der Waals surface area contributed by atoms with E-state index in [0.717, 1.165) is 5.56 Å². The van der Waals surface area contributed by atoms with Gasteiger partial charge in [0.2, 0.25) is 0 Å². The molecule has 0 saturated heterocycles. The summed E-state index contributed by atoms with van der Waals surface area (Å²) in [6.07, 6.45) is 0. The van der Waals surface area contributed by atoms with Gasteiger partial charge >= 0.3 is 7.12 Å². The lowest BCUT2D eigenvalue weighted by atomic mass is 9.77. The molecule has 0 amide bonds. The monoisotopic (exact) mass is 562 g/mol. The molecule has 3 heteroatoms. The lowest BCUT2D eigenvalue weighted by Gasteiger charge is -2.25. The largest absolute Gasteiger partial charge is 0.488 e. The van der Waals surface area contributed by atoms with Crippen LogP contribution in [0.5, 0.6) is 0 Å². The lowest BCUT2D eigenvalue weighted by Crippen LogP contribution is -2.29. The van der Waals surface area contributed by atoms with Crippen LogP contribution in [0.3, 0.4) is 0 Å². The van der Waals surface area contributed by atoms with E-state index in [-0.39, 0.29) is 10.8 Å². The van der Waals surface area contributed by atoms with E-state index in [2.05, 4.69) is 133 Å².